The normalized spacial score (nSPS) is 10.4. The second kappa shape index (κ2) is 7.02. The fourth-order valence-electron chi connectivity index (χ4n) is 2.17. The van der Waals surface area contributed by atoms with Crippen molar-refractivity contribution in [3.63, 3.8) is 0 Å². The first-order valence-corrected chi connectivity index (χ1v) is 8.66. The van der Waals surface area contributed by atoms with Gasteiger partial charge in [0.25, 0.3) is 0 Å². The van der Waals surface area contributed by atoms with E-state index in [9.17, 15) is 4.79 Å². The van der Waals surface area contributed by atoms with E-state index in [1.165, 1.54) is 11.3 Å². The fourth-order valence-corrected chi connectivity index (χ4v) is 3.43. The Labute approximate surface area is 151 Å². The van der Waals surface area contributed by atoms with Crippen LogP contribution in [-0.2, 0) is 0 Å². The van der Waals surface area contributed by atoms with Crippen molar-refractivity contribution in [3.05, 3.63) is 63.4 Å². The quantitative estimate of drug-likeness (QED) is 0.614. The molecular formula is C17H14BrN3O2S. The van der Waals surface area contributed by atoms with Gasteiger partial charge in [0.05, 0.1) is 12.8 Å². The average molecular weight is 404 g/mol. The number of nitrogen functional groups attached to an aromatic ring is 1. The van der Waals surface area contributed by atoms with Crippen LogP contribution in [0.5, 0.6) is 5.75 Å². The lowest BCUT2D eigenvalue weighted by Crippen LogP contribution is -2.02. The van der Waals surface area contributed by atoms with E-state index in [0.717, 1.165) is 10.2 Å². The van der Waals surface area contributed by atoms with E-state index in [4.69, 9.17) is 10.5 Å². The summed E-state index contributed by atoms with van der Waals surface area (Å²) in [6.45, 7) is 0. The Morgan fingerprint density at radius 3 is 2.79 bits per heavy atom. The standard InChI is InChI=1S/C17H14BrN3O2S/c1-23-13-8-3-2-7-12(13)20-17-21-16(19)15(24-17)14(22)10-5-4-6-11(18)9-10/h2-9H,19H2,1H3,(H,20,21). The van der Waals surface area contributed by atoms with Crippen molar-refractivity contribution in [3.8, 4) is 5.75 Å². The van der Waals surface area contributed by atoms with Gasteiger partial charge in [0.1, 0.15) is 16.4 Å². The first kappa shape index (κ1) is 16.5. The lowest BCUT2D eigenvalue weighted by molar-refractivity contribution is 0.104. The molecule has 0 saturated carbocycles. The van der Waals surface area contributed by atoms with Crippen LogP contribution in [0.25, 0.3) is 0 Å². The zero-order valence-electron chi connectivity index (χ0n) is 12.7. The van der Waals surface area contributed by atoms with Gasteiger partial charge in [0, 0.05) is 10.0 Å². The smallest absolute Gasteiger partial charge is 0.206 e. The molecule has 0 aliphatic rings. The Hall–Kier alpha value is -2.38. The largest absolute Gasteiger partial charge is 0.495 e. The zero-order valence-corrected chi connectivity index (χ0v) is 15.1. The number of anilines is 3. The van der Waals surface area contributed by atoms with Crippen molar-refractivity contribution in [2.24, 2.45) is 0 Å². The summed E-state index contributed by atoms with van der Waals surface area (Å²) in [6.07, 6.45) is 0. The third kappa shape index (κ3) is 3.42. The van der Waals surface area contributed by atoms with Crippen molar-refractivity contribution in [2.45, 2.75) is 0 Å². The highest BCUT2D eigenvalue weighted by Crippen LogP contribution is 2.33. The number of aromatic nitrogens is 1. The van der Waals surface area contributed by atoms with Crippen molar-refractivity contribution in [1.29, 1.82) is 0 Å². The number of nitrogens with one attached hydrogen (secondary N) is 1. The highest BCUT2D eigenvalue weighted by molar-refractivity contribution is 9.10. The Balaban J connectivity index is 1.89. The van der Waals surface area contributed by atoms with Gasteiger partial charge in [-0.1, -0.05) is 51.5 Å². The number of hydrogen-bond donors (Lipinski definition) is 2. The summed E-state index contributed by atoms with van der Waals surface area (Å²) in [6, 6.07) is 14.6. The van der Waals surface area contributed by atoms with Crippen LogP contribution in [-0.4, -0.2) is 17.9 Å². The number of halogens is 1. The molecule has 24 heavy (non-hydrogen) atoms. The molecule has 0 fully saturated rings. The zero-order chi connectivity index (χ0) is 17.1. The number of benzene rings is 2. The summed E-state index contributed by atoms with van der Waals surface area (Å²) in [5.74, 6) is 0.743. The summed E-state index contributed by atoms with van der Waals surface area (Å²) in [5.41, 5.74) is 7.26. The van der Waals surface area contributed by atoms with E-state index in [-0.39, 0.29) is 11.6 Å². The molecule has 0 unspecified atom stereocenters. The summed E-state index contributed by atoms with van der Waals surface area (Å²) in [5, 5.41) is 3.68. The topological polar surface area (TPSA) is 77.2 Å². The maximum atomic E-state index is 12.6. The number of nitrogens with two attached hydrogens (primary N) is 1. The van der Waals surface area contributed by atoms with Gasteiger partial charge in [-0.15, -0.1) is 0 Å². The Kier molecular flexibility index (Phi) is 4.82. The summed E-state index contributed by atoms with van der Waals surface area (Å²) < 4.78 is 6.13. The van der Waals surface area contributed by atoms with Crippen LogP contribution in [0.2, 0.25) is 0 Å². The van der Waals surface area contributed by atoms with E-state index in [0.29, 0.717) is 21.3 Å². The van der Waals surface area contributed by atoms with Gasteiger partial charge < -0.3 is 15.8 Å². The third-order valence-electron chi connectivity index (χ3n) is 3.29. The molecule has 3 N–H and O–H groups in total. The van der Waals surface area contributed by atoms with Crippen LogP contribution in [0.3, 0.4) is 0 Å². The molecule has 0 spiro atoms. The molecule has 0 atom stereocenters. The maximum absolute atomic E-state index is 12.6. The molecule has 0 saturated heterocycles. The van der Waals surface area contributed by atoms with Crippen molar-refractivity contribution in [1.82, 2.24) is 4.98 Å². The molecule has 3 rings (SSSR count). The van der Waals surface area contributed by atoms with E-state index in [1.807, 2.05) is 36.4 Å². The molecular weight excluding hydrogens is 390 g/mol. The molecule has 1 heterocycles. The monoisotopic (exact) mass is 403 g/mol. The van der Waals surface area contributed by atoms with Gasteiger partial charge in [-0.25, -0.2) is 4.98 Å². The second-order valence-corrected chi connectivity index (χ2v) is 6.81. The molecule has 1 aromatic heterocycles. The minimum Gasteiger partial charge on any atom is -0.495 e. The number of methoxy groups -OCH3 is 1. The van der Waals surface area contributed by atoms with Crippen molar-refractivity contribution in [2.75, 3.05) is 18.2 Å². The second-order valence-electron chi connectivity index (χ2n) is 4.90. The van der Waals surface area contributed by atoms with Gasteiger partial charge in [0.2, 0.25) is 5.78 Å². The van der Waals surface area contributed by atoms with Crippen LogP contribution < -0.4 is 15.8 Å². The van der Waals surface area contributed by atoms with E-state index < -0.39 is 0 Å². The van der Waals surface area contributed by atoms with E-state index in [2.05, 4.69) is 26.2 Å². The number of carbonyl (C=O) groups is 1. The van der Waals surface area contributed by atoms with E-state index in [1.54, 1.807) is 19.2 Å². The maximum Gasteiger partial charge on any atom is 0.206 e. The minimum absolute atomic E-state index is 0.153. The molecule has 2 aromatic carbocycles. The lowest BCUT2D eigenvalue weighted by Gasteiger charge is -2.07. The van der Waals surface area contributed by atoms with Gasteiger partial charge in [-0.05, 0) is 24.3 Å². The molecule has 0 amide bonds. The first-order valence-electron chi connectivity index (χ1n) is 7.05. The van der Waals surface area contributed by atoms with E-state index >= 15 is 0 Å². The number of nitrogens with zero attached hydrogens (tertiary/aromatic N) is 1. The number of thiazole rings is 1. The molecule has 122 valence electrons. The lowest BCUT2D eigenvalue weighted by atomic mass is 10.1. The summed E-state index contributed by atoms with van der Waals surface area (Å²) >= 11 is 4.58. The minimum atomic E-state index is -0.153. The van der Waals surface area contributed by atoms with Crippen LogP contribution in [0.15, 0.2) is 53.0 Å². The third-order valence-corrected chi connectivity index (χ3v) is 4.77. The van der Waals surface area contributed by atoms with Crippen LogP contribution >= 0.6 is 27.3 Å². The summed E-state index contributed by atoms with van der Waals surface area (Å²) in [4.78, 5) is 17.3. The number of carbonyl (C=O) groups excluding carboxylic acids is 1. The number of ether oxygens (including phenoxy) is 1. The fraction of sp³-hybridized carbons (Fsp3) is 0.0588. The Bertz CT molecular complexity index is 895. The van der Waals surface area contributed by atoms with Crippen LogP contribution in [0.1, 0.15) is 15.2 Å². The number of hydrogen-bond acceptors (Lipinski definition) is 6. The molecule has 0 aliphatic carbocycles. The van der Waals surface area contributed by atoms with Gasteiger partial charge >= 0.3 is 0 Å². The van der Waals surface area contributed by atoms with Crippen LogP contribution in [0.4, 0.5) is 16.6 Å². The molecule has 0 aliphatic heterocycles. The van der Waals surface area contributed by atoms with Crippen molar-refractivity contribution >= 4 is 49.7 Å². The highest BCUT2D eigenvalue weighted by atomic mass is 79.9. The number of para-hydroxylation sites is 2. The SMILES string of the molecule is COc1ccccc1Nc1nc(N)c(C(=O)c2cccc(Br)c2)s1. The average Bonchev–Trinajstić information content (AvgIpc) is 2.95. The predicted octanol–water partition coefficient (Wildman–Crippen LogP) is 4.47. The Morgan fingerprint density at radius 1 is 1.25 bits per heavy atom. The Morgan fingerprint density at radius 2 is 2.04 bits per heavy atom. The predicted molar refractivity (Wildman–Crippen MR) is 100 cm³/mol. The highest BCUT2D eigenvalue weighted by Gasteiger charge is 2.18. The van der Waals surface area contributed by atoms with Gasteiger partial charge in [-0.2, -0.15) is 0 Å². The van der Waals surface area contributed by atoms with Gasteiger partial charge in [-0.3, -0.25) is 4.79 Å². The molecule has 0 bridgehead atoms. The molecule has 5 nitrogen and oxygen atoms in total. The summed E-state index contributed by atoms with van der Waals surface area (Å²) in [7, 11) is 1.60. The molecule has 7 heteroatoms. The van der Waals surface area contributed by atoms with Gasteiger partial charge in [0.15, 0.2) is 5.13 Å². The number of ketones is 1. The first-order chi connectivity index (χ1) is 11.6. The molecule has 3 aromatic rings. The van der Waals surface area contributed by atoms with Crippen molar-refractivity contribution < 1.29 is 9.53 Å². The molecule has 0 radical (unpaired) electrons. The number of rotatable bonds is 5. The van der Waals surface area contributed by atoms with Crippen LogP contribution in [0, 0.1) is 0 Å².